The average molecular weight is 282 g/mol. The van der Waals surface area contributed by atoms with Gasteiger partial charge in [-0.3, -0.25) is 13.8 Å². The van der Waals surface area contributed by atoms with Crippen molar-refractivity contribution in [3.8, 4) is 0 Å². The maximum absolute atomic E-state index is 12.3. The highest BCUT2D eigenvalue weighted by Crippen LogP contribution is 2.19. The van der Waals surface area contributed by atoms with Crippen LogP contribution in [-0.4, -0.2) is 38.4 Å². The van der Waals surface area contributed by atoms with E-state index in [1.807, 2.05) is 20.8 Å². The summed E-state index contributed by atoms with van der Waals surface area (Å²) in [4.78, 5) is 24.8. The fraction of sp³-hybridized carbons (Fsp3) is 0.385. The van der Waals surface area contributed by atoms with E-state index in [4.69, 9.17) is 0 Å². The van der Waals surface area contributed by atoms with E-state index in [0.29, 0.717) is 6.29 Å². The molecule has 1 atom stereocenters. The van der Waals surface area contributed by atoms with E-state index in [1.165, 1.54) is 23.1 Å². The maximum atomic E-state index is 12.3. The molecule has 0 aliphatic heterocycles. The summed E-state index contributed by atoms with van der Waals surface area (Å²) in [5.41, 5.74) is -0.124. The molecule has 6 heteroatoms. The van der Waals surface area contributed by atoms with E-state index >= 15 is 0 Å². The molecule has 0 aliphatic carbocycles. The van der Waals surface area contributed by atoms with E-state index in [9.17, 15) is 18.4 Å². The highest BCUT2D eigenvalue weighted by atomic mass is 32.2. The van der Waals surface area contributed by atoms with Gasteiger partial charge in [0.2, 0.25) is 0 Å². The summed E-state index contributed by atoms with van der Waals surface area (Å²) >= 11 is -2.42. The highest BCUT2D eigenvalue weighted by molar-refractivity contribution is 7.79. The van der Waals surface area contributed by atoms with E-state index in [1.54, 1.807) is 7.05 Å². The van der Waals surface area contributed by atoms with Crippen molar-refractivity contribution < 1.29 is 18.4 Å². The molecule has 1 unspecified atom stereocenters. The molecule has 1 aromatic rings. The molecule has 19 heavy (non-hydrogen) atoms. The molecule has 0 fully saturated rings. The van der Waals surface area contributed by atoms with Crippen LogP contribution in [-0.2, 0) is 11.1 Å². The first-order valence-corrected chi connectivity index (χ1v) is 6.72. The molecule has 0 saturated heterocycles. The topological polar surface area (TPSA) is 77.5 Å². The Morgan fingerprint density at radius 3 is 2.37 bits per heavy atom. The summed E-state index contributed by atoms with van der Waals surface area (Å²) in [6.45, 7) is 5.60. The van der Waals surface area contributed by atoms with Gasteiger partial charge in [-0.15, -0.1) is 0 Å². The zero-order valence-corrected chi connectivity index (χ0v) is 12.1. The molecule has 0 saturated carbocycles. The first kappa shape index (κ1) is 15.5. The van der Waals surface area contributed by atoms with Crippen molar-refractivity contribution in [2.24, 2.45) is 0 Å². The van der Waals surface area contributed by atoms with Gasteiger partial charge in [-0.05, 0) is 50.1 Å². The Balaban J connectivity index is 3.25. The molecule has 0 spiro atoms. The molecule has 1 amide bonds. The molecule has 0 aliphatic rings. The van der Waals surface area contributed by atoms with E-state index in [0.717, 1.165) is 0 Å². The minimum atomic E-state index is -2.42. The Labute approximate surface area is 114 Å². The zero-order valence-electron chi connectivity index (χ0n) is 11.3. The predicted molar refractivity (Wildman–Crippen MR) is 70.9 cm³/mol. The molecule has 5 nitrogen and oxygen atoms in total. The summed E-state index contributed by atoms with van der Waals surface area (Å²) in [6.07, 6.45) is 0.486. The van der Waals surface area contributed by atoms with Crippen LogP contribution in [0.1, 0.15) is 41.5 Å². The Morgan fingerprint density at radius 1 is 1.37 bits per heavy atom. The second kappa shape index (κ2) is 5.63. The number of benzene rings is 1. The molecule has 104 valence electrons. The van der Waals surface area contributed by atoms with Gasteiger partial charge < -0.3 is 9.45 Å². The number of carbonyl (C=O) groups is 2. The van der Waals surface area contributed by atoms with Gasteiger partial charge in [0.05, 0.1) is 5.56 Å². The molecule has 0 N–H and O–H groups in total. The lowest BCUT2D eigenvalue weighted by molar-refractivity contribution is 0.0653. The summed E-state index contributed by atoms with van der Waals surface area (Å²) in [7, 11) is 1.64. The number of nitrogens with zero attached hydrogens (tertiary/aromatic N) is 1. The SMILES string of the molecule is CN(C(=O)c1ccc(S(=O)[O-])cc1C=O)C(C)(C)C. The van der Waals surface area contributed by atoms with E-state index in [-0.39, 0.29) is 21.9 Å². The number of amides is 1. The summed E-state index contributed by atoms with van der Waals surface area (Å²) in [5.74, 6) is -0.321. The van der Waals surface area contributed by atoms with Gasteiger partial charge in [-0.1, -0.05) is 0 Å². The fourth-order valence-corrected chi connectivity index (χ4v) is 1.82. The van der Waals surface area contributed by atoms with Crippen molar-refractivity contribution in [3.05, 3.63) is 29.3 Å². The van der Waals surface area contributed by atoms with Crippen LogP contribution in [0, 0.1) is 0 Å². The number of hydrogen-bond donors (Lipinski definition) is 0. The lowest BCUT2D eigenvalue weighted by Gasteiger charge is -2.32. The van der Waals surface area contributed by atoms with Gasteiger partial charge >= 0.3 is 0 Å². The summed E-state index contributed by atoms with van der Waals surface area (Å²) in [5, 5.41) is 0. The van der Waals surface area contributed by atoms with Crippen LogP contribution in [0.2, 0.25) is 0 Å². The van der Waals surface area contributed by atoms with Crippen LogP contribution >= 0.6 is 0 Å². The molecule has 1 aromatic carbocycles. The third-order valence-electron chi connectivity index (χ3n) is 2.88. The summed E-state index contributed by atoms with van der Waals surface area (Å²) < 4.78 is 21.7. The molecule has 0 bridgehead atoms. The van der Waals surface area contributed by atoms with Crippen LogP contribution in [0.5, 0.6) is 0 Å². The molecule has 0 radical (unpaired) electrons. The Morgan fingerprint density at radius 2 is 1.95 bits per heavy atom. The maximum Gasteiger partial charge on any atom is 0.254 e. The average Bonchev–Trinajstić information content (AvgIpc) is 2.34. The molecular formula is C13H16NO4S-. The number of rotatable bonds is 3. The first-order chi connectivity index (χ1) is 8.68. The molecule has 0 aromatic heterocycles. The van der Waals surface area contributed by atoms with Crippen LogP contribution < -0.4 is 0 Å². The van der Waals surface area contributed by atoms with Crippen molar-refractivity contribution in [2.75, 3.05) is 7.05 Å². The van der Waals surface area contributed by atoms with Crippen LogP contribution in [0.25, 0.3) is 0 Å². The Bertz CT molecular complexity index is 534. The monoisotopic (exact) mass is 282 g/mol. The van der Waals surface area contributed by atoms with Crippen LogP contribution in [0.3, 0.4) is 0 Å². The normalized spacial score (nSPS) is 12.9. The molecule has 1 rings (SSSR count). The van der Waals surface area contributed by atoms with E-state index in [2.05, 4.69) is 0 Å². The third-order valence-corrected chi connectivity index (χ3v) is 3.52. The predicted octanol–water partition coefficient (Wildman–Crippen LogP) is 1.61. The minimum absolute atomic E-state index is 0.0166. The number of hydrogen-bond acceptors (Lipinski definition) is 4. The number of carbonyl (C=O) groups excluding carboxylic acids is 2. The smallest absolute Gasteiger partial charge is 0.254 e. The van der Waals surface area contributed by atoms with Gasteiger partial charge in [0.15, 0.2) is 6.29 Å². The van der Waals surface area contributed by atoms with Gasteiger partial charge in [0, 0.05) is 23.0 Å². The molecular weight excluding hydrogens is 266 g/mol. The van der Waals surface area contributed by atoms with Gasteiger partial charge in [0.1, 0.15) is 0 Å². The standard InChI is InChI=1S/C13H17NO4S/c1-13(2,3)14(4)12(16)11-6-5-10(19(17)18)7-9(11)8-15/h5-8H,1-4H3,(H,17,18)/p-1. The van der Waals surface area contributed by atoms with Gasteiger partial charge in [0.25, 0.3) is 5.91 Å². The zero-order chi connectivity index (χ0) is 14.8. The van der Waals surface area contributed by atoms with Crippen molar-refractivity contribution in [1.29, 1.82) is 0 Å². The van der Waals surface area contributed by atoms with Crippen molar-refractivity contribution >= 4 is 23.3 Å². The van der Waals surface area contributed by atoms with Crippen molar-refractivity contribution in [1.82, 2.24) is 4.90 Å². The van der Waals surface area contributed by atoms with Crippen LogP contribution in [0.15, 0.2) is 23.1 Å². The second-order valence-corrected chi connectivity index (χ2v) is 6.08. The van der Waals surface area contributed by atoms with Gasteiger partial charge in [-0.2, -0.15) is 0 Å². The van der Waals surface area contributed by atoms with Crippen molar-refractivity contribution in [2.45, 2.75) is 31.2 Å². The largest absolute Gasteiger partial charge is 0.768 e. The number of aldehydes is 1. The Hall–Kier alpha value is -1.53. The second-order valence-electron chi connectivity index (χ2n) is 5.14. The van der Waals surface area contributed by atoms with E-state index < -0.39 is 16.6 Å². The lowest BCUT2D eigenvalue weighted by Crippen LogP contribution is -2.42. The highest BCUT2D eigenvalue weighted by Gasteiger charge is 2.25. The quantitative estimate of drug-likeness (QED) is 0.623. The van der Waals surface area contributed by atoms with Gasteiger partial charge in [-0.25, -0.2) is 0 Å². The summed E-state index contributed by atoms with van der Waals surface area (Å²) in [6, 6.07) is 3.86. The first-order valence-electron chi connectivity index (χ1n) is 5.65. The van der Waals surface area contributed by atoms with Crippen molar-refractivity contribution in [3.63, 3.8) is 0 Å². The van der Waals surface area contributed by atoms with Crippen LogP contribution in [0.4, 0.5) is 0 Å². The molecule has 0 heterocycles. The lowest BCUT2D eigenvalue weighted by atomic mass is 10.0. The third kappa shape index (κ3) is 3.48. The fourth-order valence-electron chi connectivity index (χ4n) is 1.42. The Kier molecular flexibility index (Phi) is 4.60. The minimum Gasteiger partial charge on any atom is -0.768 e.